The molecule has 0 spiro atoms. The van der Waals surface area contributed by atoms with E-state index in [0.717, 1.165) is 26.8 Å². The number of benzene rings is 2. The lowest BCUT2D eigenvalue weighted by molar-refractivity contribution is -0.114. The molecule has 1 N–H and O–H groups in total. The van der Waals surface area contributed by atoms with Crippen molar-refractivity contribution in [3.63, 3.8) is 0 Å². The third kappa shape index (κ3) is 4.55. The maximum absolute atomic E-state index is 14.5. The van der Waals surface area contributed by atoms with Crippen LogP contribution < -0.4 is 9.62 Å². The fourth-order valence-electron chi connectivity index (χ4n) is 3.12. The Kier molecular flexibility index (Phi) is 6.58. The summed E-state index contributed by atoms with van der Waals surface area (Å²) in [7, 11) is -4.11. The van der Waals surface area contributed by atoms with Crippen LogP contribution in [0.2, 0.25) is 0 Å². The second kappa shape index (κ2) is 8.97. The molecule has 0 radical (unpaired) electrons. The van der Waals surface area contributed by atoms with Gasteiger partial charge in [0.05, 0.1) is 5.69 Å². The van der Waals surface area contributed by atoms with Crippen LogP contribution in [0.1, 0.15) is 30.9 Å². The monoisotopic (exact) mass is 446 g/mol. The van der Waals surface area contributed by atoms with Crippen molar-refractivity contribution >= 4 is 38.6 Å². The summed E-state index contributed by atoms with van der Waals surface area (Å²) >= 11 is 1.01. The van der Waals surface area contributed by atoms with Gasteiger partial charge in [0.25, 0.3) is 10.0 Å². The number of hydrogen-bond acceptors (Lipinski definition) is 4. The smallest absolute Gasteiger partial charge is 0.274 e. The van der Waals surface area contributed by atoms with Crippen molar-refractivity contribution in [3.8, 4) is 0 Å². The first-order chi connectivity index (χ1) is 14.2. The van der Waals surface area contributed by atoms with Crippen LogP contribution in [0.4, 0.5) is 15.8 Å². The van der Waals surface area contributed by atoms with Gasteiger partial charge in [-0.1, -0.05) is 50.2 Å². The van der Waals surface area contributed by atoms with Gasteiger partial charge in [0.15, 0.2) is 0 Å². The van der Waals surface area contributed by atoms with E-state index in [4.69, 9.17) is 0 Å². The number of halogens is 1. The second-order valence-electron chi connectivity index (χ2n) is 7.14. The van der Waals surface area contributed by atoms with E-state index in [1.807, 2.05) is 39.0 Å². The van der Waals surface area contributed by atoms with E-state index in [0.29, 0.717) is 5.69 Å². The fourth-order valence-corrected chi connectivity index (χ4v) is 5.66. The van der Waals surface area contributed by atoms with Crippen LogP contribution in [-0.4, -0.2) is 20.9 Å². The Hall–Kier alpha value is -2.71. The average molecular weight is 447 g/mol. The number of sulfonamides is 1. The number of nitrogens with zero attached hydrogens (tertiary/aromatic N) is 1. The summed E-state index contributed by atoms with van der Waals surface area (Å²) in [4.78, 5) is 12.9. The molecule has 8 heteroatoms. The molecule has 0 bridgehead atoms. The Bertz CT molecular complexity index is 1140. The van der Waals surface area contributed by atoms with Crippen molar-refractivity contribution in [1.82, 2.24) is 0 Å². The van der Waals surface area contributed by atoms with E-state index in [9.17, 15) is 17.6 Å². The molecule has 0 fully saturated rings. The number of amides is 1. The normalized spacial score (nSPS) is 11.5. The summed E-state index contributed by atoms with van der Waals surface area (Å²) < 4.78 is 41.7. The van der Waals surface area contributed by atoms with Crippen molar-refractivity contribution in [2.45, 2.75) is 30.9 Å². The van der Waals surface area contributed by atoms with Crippen LogP contribution in [0.25, 0.3) is 0 Å². The van der Waals surface area contributed by atoms with E-state index < -0.39 is 28.3 Å². The molecule has 1 heterocycles. The lowest BCUT2D eigenvalue weighted by Gasteiger charge is -2.24. The van der Waals surface area contributed by atoms with Crippen LogP contribution in [-0.2, 0) is 14.8 Å². The molecule has 0 atom stereocenters. The molecule has 0 aliphatic carbocycles. The number of para-hydroxylation sites is 2. The molecule has 0 aliphatic rings. The van der Waals surface area contributed by atoms with Crippen LogP contribution in [0, 0.1) is 12.7 Å². The van der Waals surface area contributed by atoms with Gasteiger partial charge >= 0.3 is 0 Å². The lowest BCUT2D eigenvalue weighted by Crippen LogP contribution is -2.38. The number of anilines is 2. The molecular weight excluding hydrogens is 423 g/mol. The van der Waals surface area contributed by atoms with Gasteiger partial charge in [0, 0.05) is 5.69 Å². The Morgan fingerprint density at radius 1 is 1.10 bits per heavy atom. The van der Waals surface area contributed by atoms with Crippen molar-refractivity contribution in [1.29, 1.82) is 0 Å². The Labute approximate surface area is 180 Å². The van der Waals surface area contributed by atoms with Crippen molar-refractivity contribution in [2.75, 3.05) is 16.2 Å². The van der Waals surface area contributed by atoms with Crippen LogP contribution in [0.15, 0.2) is 64.2 Å². The second-order valence-corrected chi connectivity index (χ2v) is 10.2. The number of hydrogen-bond donors (Lipinski definition) is 1. The molecular formula is C22H23FN2O3S2. The van der Waals surface area contributed by atoms with Crippen molar-refractivity contribution < 1.29 is 17.6 Å². The molecule has 1 amide bonds. The highest BCUT2D eigenvalue weighted by Gasteiger charge is 2.30. The Morgan fingerprint density at radius 3 is 2.47 bits per heavy atom. The van der Waals surface area contributed by atoms with Crippen LogP contribution in [0.3, 0.4) is 0 Å². The van der Waals surface area contributed by atoms with Gasteiger partial charge in [-0.2, -0.15) is 0 Å². The number of carbonyl (C=O) groups is 1. The van der Waals surface area contributed by atoms with E-state index in [-0.39, 0.29) is 15.8 Å². The maximum atomic E-state index is 14.5. The molecule has 30 heavy (non-hydrogen) atoms. The average Bonchev–Trinajstić information content (AvgIpc) is 3.24. The first-order valence-electron chi connectivity index (χ1n) is 9.42. The number of carbonyl (C=O) groups excluding carboxylic acids is 1. The zero-order valence-corrected chi connectivity index (χ0v) is 18.6. The van der Waals surface area contributed by atoms with Gasteiger partial charge in [-0.3, -0.25) is 9.10 Å². The topological polar surface area (TPSA) is 66.5 Å². The van der Waals surface area contributed by atoms with E-state index in [2.05, 4.69) is 5.32 Å². The molecule has 1 aromatic heterocycles. The molecule has 0 unspecified atom stereocenters. The van der Waals surface area contributed by atoms with Crippen molar-refractivity contribution in [3.05, 3.63) is 76.9 Å². The maximum Gasteiger partial charge on any atom is 0.274 e. The van der Waals surface area contributed by atoms with Crippen molar-refractivity contribution in [2.24, 2.45) is 0 Å². The van der Waals surface area contributed by atoms with Crippen LogP contribution >= 0.6 is 11.3 Å². The minimum absolute atomic E-state index is 0.0392. The predicted molar refractivity (Wildman–Crippen MR) is 119 cm³/mol. The number of rotatable bonds is 7. The molecule has 0 saturated carbocycles. The van der Waals surface area contributed by atoms with Gasteiger partial charge < -0.3 is 5.32 Å². The molecule has 2 aromatic carbocycles. The zero-order chi connectivity index (χ0) is 21.9. The summed E-state index contributed by atoms with van der Waals surface area (Å²) in [6.45, 7) is 5.35. The molecule has 3 rings (SSSR count). The van der Waals surface area contributed by atoms with Crippen LogP contribution in [0.5, 0.6) is 0 Å². The number of nitrogens with one attached hydrogen (secondary N) is 1. The largest absolute Gasteiger partial charge is 0.324 e. The molecule has 0 saturated heterocycles. The van der Waals surface area contributed by atoms with Gasteiger partial charge in [-0.05, 0) is 47.5 Å². The quantitative estimate of drug-likeness (QED) is 0.546. The fraction of sp³-hybridized carbons (Fsp3) is 0.227. The third-order valence-corrected chi connectivity index (χ3v) is 7.77. The molecule has 158 valence electrons. The third-order valence-electron chi connectivity index (χ3n) is 4.64. The minimum atomic E-state index is -4.11. The first kappa shape index (κ1) is 22.0. The highest BCUT2D eigenvalue weighted by molar-refractivity contribution is 7.94. The molecule has 0 aliphatic heterocycles. The highest BCUT2D eigenvalue weighted by Crippen LogP contribution is 2.30. The van der Waals surface area contributed by atoms with E-state index in [1.54, 1.807) is 11.4 Å². The van der Waals surface area contributed by atoms with Gasteiger partial charge in [0.1, 0.15) is 16.6 Å². The lowest BCUT2D eigenvalue weighted by atomic mass is 9.98. The SMILES string of the molecule is Cc1cccc(C(C)C)c1NC(=O)CN(c1ccccc1F)S(=O)(=O)c1cccs1. The zero-order valence-electron chi connectivity index (χ0n) is 16.9. The van der Waals surface area contributed by atoms with Gasteiger partial charge in [-0.15, -0.1) is 11.3 Å². The Balaban J connectivity index is 1.97. The number of aryl methyl sites for hydroxylation is 1. The van der Waals surface area contributed by atoms with Gasteiger partial charge in [-0.25, -0.2) is 12.8 Å². The first-order valence-corrected chi connectivity index (χ1v) is 11.7. The number of thiophene rings is 1. The van der Waals surface area contributed by atoms with Gasteiger partial charge in [0.2, 0.25) is 5.91 Å². The van der Waals surface area contributed by atoms with E-state index in [1.165, 1.54) is 30.3 Å². The minimum Gasteiger partial charge on any atom is -0.324 e. The standard InChI is InChI=1S/C22H23FN2O3S2/c1-15(2)17-9-6-8-16(3)22(17)24-20(26)14-25(19-11-5-4-10-18(19)23)30(27,28)21-12-7-13-29-21/h4-13,15H,14H2,1-3H3,(H,24,26). The highest BCUT2D eigenvalue weighted by atomic mass is 32.2. The Morgan fingerprint density at radius 2 is 1.83 bits per heavy atom. The molecule has 5 nitrogen and oxygen atoms in total. The van der Waals surface area contributed by atoms with E-state index >= 15 is 0 Å². The predicted octanol–water partition coefficient (Wildman–Crippen LogP) is 5.15. The molecule has 3 aromatic rings. The summed E-state index contributed by atoms with van der Waals surface area (Å²) in [6, 6.07) is 14.3. The summed E-state index contributed by atoms with van der Waals surface area (Å²) in [5.41, 5.74) is 2.30. The summed E-state index contributed by atoms with van der Waals surface area (Å²) in [5.74, 6) is -1.10. The summed E-state index contributed by atoms with van der Waals surface area (Å²) in [5, 5.41) is 4.45. The summed E-state index contributed by atoms with van der Waals surface area (Å²) in [6.07, 6.45) is 0.